The normalized spacial score (nSPS) is 12.2. The van der Waals surface area contributed by atoms with Gasteiger partial charge in [-0.3, -0.25) is 4.79 Å². The van der Waals surface area contributed by atoms with Gasteiger partial charge in [0.2, 0.25) is 0 Å². The minimum atomic E-state index is -0.775. The van der Waals surface area contributed by atoms with Crippen molar-refractivity contribution in [3.05, 3.63) is 28.2 Å². The van der Waals surface area contributed by atoms with Crippen molar-refractivity contribution in [2.24, 2.45) is 0 Å². The van der Waals surface area contributed by atoms with E-state index in [0.29, 0.717) is 0 Å². The number of rotatable bonds is 4. The average Bonchev–Trinajstić information content (AvgIpc) is 2.15. The van der Waals surface area contributed by atoms with E-state index in [0.717, 1.165) is 10.2 Å². The highest BCUT2D eigenvalue weighted by Gasteiger charge is 2.15. The lowest BCUT2D eigenvalue weighted by atomic mass is 10.1. The summed E-state index contributed by atoms with van der Waals surface area (Å²) in [5, 5.41) is 8.75. The van der Waals surface area contributed by atoms with Crippen molar-refractivity contribution in [2.45, 2.75) is 26.3 Å². The summed E-state index contributed by atoms with van der Waals surface area (Å²) in [6.07, 6.45) is 0.136. The van der Waals surface area contributed by atoms with Crippen LogP contribution in [0.1, 0.15) is 18.9 Å². The first-order chi connectivity index (χ1) is 7.41. The minimum absolute atomic E-state index is 0.0310. The molecule has 0 aliphatic heterocycles. The molecule has 0 heterocycles. The van der Waals surface area contributed by atoms with Gasteiger partial charge in [0.15, 0.2) is 0 Å². The summed E-state index contributed by atoms with van der Waals surface area (Å²) in [5.41, 5.74) is 2.19. The molecule has 1 aromatic carbocycles. The molecule has 0 spiro atoms. The van der Waals surface area contributed by atoms with Crippen molar-refractivity contribution >= 4 is 27.6 Å². The van der Waals surface area contributed by atoms with E-state index in [1.165, 1.54) is 5.56 Å². The molecule has 1 aromatic rings. The molecule has 0 amide bonds. The summed E-state index contributed by atoms with van der Waals surface area (Å²) < 4.78 is 0.993. The topological polar surface area (TPSA) is 40.5 Å². The number of nitrogens with zero attached hydrogens (tertiary/aromatic N) is 1. The maximum absolute atomic E-state index is 10.6. The molecule has 0 aliphatic rings. The minimum Gasteiger partial charge on any atom is -0.481 e. The molecule has 0 aromatic heterocycles. The van der Waals surface area contributed by atoms with E-state index in [-0.39, 0.29) is 12.5 Å². The molecular weight excluding hydrogens is 270 g/mol. The maximum atomic E-state index is 10.6. The highest BCUT2D eigenvalue weighted by molar-refractivity contribution is 9.10. The van der Waals surface area contributed by atoms with E-state index in [1.54, 1.807) is 0 Å². The van der Waals surface area contributed by atoms with Crippen molar-refractivity contribution in [1.29, 1.82) is 0 Å². The Morgan fingerprint density at radius 2 is 2.19 bits per heavy atom. The van der Waals surface area contributed by atoms with Crippen LogP contribution in [0.2, 0.25) is 0 Å². The maximum Gasteiger partial charge on any atom is 0.305 e. The number of carboxylic acid groups (broad SMARTS) is 1. The highest BCUT2D eigenvalue weighted by atomic mass is 79.9. The van der Waals surface area contributed by atoms with Crippen LogP contribution < -0.4 is 4.90 Å². The number of hydrogen-bond acceptors (Lipinski definition) is 2. The molecule has 0 radical (unpaired) electrons. The lowest BCUT2D eigenvalue weighted by molar-refractivity contribution is -0.137. The Bertz CT molecular complexity index is 393. The van der Waals surface area contributed by atoms with Crippen LogP contribution in [-0.4, -0.2) is 24.2 Å². The van der Waals surface area contributed by atoms with Crippen molar-refractivity contribution in [1.82, 2.24) is 0 Å². The van der Waals surface area contributed by atoms with E-state index < -0.39 is 5.97 Å². The Labute approximate surface area is 104 Å². The second-order valence-corrected chi connectivity index (χ2v) is 4.87. The van der Waals surface area contributed by atoms with E-state index in [4.69, 9.17) is 5.11 Å². The Hall–Kier alpha value is -1.03. The standard InChI is InChI=1S/C12H16BrNO2/c1-8-4-5-11(10(13)6-8)14(3)9(2)7-12(15)16/h4-6,9H,7H2,1-3H3,(H,15,16). The van der Waals surface area contributed by atoms with Crippen molar-refractivity contribution in [3.63, 3.8) is 0 Å². The first-order valence-electron chi connectivity index (χ1n) is 5.12. The molecule has 3 nitrogen and oxygen atoms in total. The third-order valence-corrected chi connectivity index (χ3v) is 3.25. The number of halogens is 1. The molecule has 0 bridgehead atoms. The fraction of sp³-hybridized carbons (Fsp3) is 0.417. The van der Waals surface area contributed by atoms with E-state index in [2.05, 4.69) is 15.9 Å². The van der Waals surface area contributed by atoms with Gasteiger partial charge in [-0.05, 0) is 47.5 Å². The third-order valence-electron chi connectivity index (χ3n) is 2.61. The largest absolute Gasteiger partial charge is 0.481 e. The van der Waals surface area contributed by atoms with Crippen LogP contribution in [0.5, 0.6) is 0 Å². The van der Waals surface area contributed by atoms with Gasteiger partial charge in [0.05, 0.1) is 12.1 Å². The first kappa shape index (κ1) is 13.0. The molecule has 1 atom stereocenters. The van der Waals surface area contributed by atoms with E-state index in [9.17, 15) is 4.79 Å². The molecule has 0 aliphatic carbocycles. The van der Waals surface area contributed by atoms with Crippen LogP contribution in [0.3, 0.4) is 0 Å². The molecular formula is C12H16BrNO2. The summed E-state index contributed by atoms with van der Waals surface area (Å²) in [6.45, 7) is 3.93. The molecule has 16 heavy (non-hydrogen) atoms. The predicted octanol–water partition coefficient (Wildman–Crippen LogP) is 3.06. The van der Waals surface area contributed by atoms with Crippen LogP contribution >= 0.6 is 15.9 Å². The predicted molar refractivity (Wildman–Crippen MR) is 69.0 cm³/mol. The SMILES string of the molecule is Cc1ccc(N(C)C(C)CC(=O)O)c(Br)c1. The average molecular weight is 286 g/mol. The Morgan fingerprint density at radius 3 is 2.69 bits per heavy atom. The molecule has 1 N–H and O–H groups in total. The summed E-state index contributed by atoms with van der Waals surface area (Å²) in [7, 11) is 1.91. The zero-order valence-electron chi connectivity index (χ0n) is 9.70. The number of hydrogen-bond donors (Lipinski definition) is 1. The Balaban J connectivity index is 2.87. The van der Waals surface area contributed by atoms with Crippen LogP contribution in [0, 0.1) is 6.92 Å². The summed E-state index contributed by atoms with van der Waals surface area (Å²) in [5.74, 6) is -0.775. The van der Waals surface area contributed by atoms with Crippen molar-refractivity contribution in [2.75, 3.05) is 11.9 Å². The zero-order chi connectivity index (χ0) is 12.3. The number of carboxylic acids is 1. The number of anilines is 1. The van der Waals surface area contributed by atoms with Gasteiger partial charge in [0.1, 0.15) is 0 Å². The van der Waals surface area contributed by atoms with Gasteiger partial charge in [-0.2, -0.15) is 0 Å². The van der Waals surface area contributed by atoms with Gasteiger partial charge in [-0.1, -0.05) is 6.07 Å². The van der Waals surface area contributed by atoms with Gasteiger partial charge >= 0.3 is 5.97 Å². The van der Waals surface area contributed by atoms with Gasteiger partial charge in [0.25, 0.3) is 0 Å². The van der Waals surface area contributed by atoms with Gasteiger partial charge < -0.3 is 10.0 Å². The van der Waals surface area contributed by atoms with Gasteiger partial charge in [-0.25, -0.2) is 0 Å². The fourth-order valence-corrected chi connectivity index (χ4v) is 2.30. The smallest absolute Gasteiger partial charge is 0.305 e. The van der Waals surface area contributed by atoms with E-state index in [1.807, 2.05) is 44.0 Å². The molecule has 1 rings (SSSR count). The molecule has 0 fully saturated rings. The van der Waals surface area contributed by atoms with Crippen LogP contribution in [-0.2, 0) is 4.79 Å². The molecule has 1 unspecified atom stereocenters. The monoisotopic (exact) mass is 285 g/mol. The summed E-state index contributed by atoms with van der Waals surface area (Å²) >= 11 is 3.49. The summed E-state index contributed by atoms with van der Waals surface area (Å²) in [4.78, 5) is 12.6. The summed E-state index contributed by atoms with van der Waals surface area (Å²) in [6, 6.07) is 6.01. The van der Waals surface area contributed by atoms with Gasteiger partial charge in [0, 0.05) is 17.6 Å². The second kappa shape index (κ2) is 5.34. The van der Waals surface area contributed by atoms with Crippen molar-refractivity contribution < 1.29 is 9.90 Å². The number of aryl methyl sites for hydroxylation is 1. The highest BCUT2D eigenvalue weighted by Crippen LogP contribution is 2.28. The van der Waals surface area contributed by atoms with Crippen LogP contribution in [0.25, 0.3) is 0 Å². The number of benzene rings is 1. The Morgan fingerprint density at radius 1 is 1.56 bits per heavy atom. The quantitative estimate of drug-likeness (QED) is 0.924. The Kier molecular flexibility index (Phi) is 4.35. The molecule has 0 saturated heterocycles. The molecule has 0 saturated carbocycles. The fourth-order valence-electron chi connectivity index (χ4n) is 1.53. The lowest BCUT2D eigenvalue weighted by Crippen LogP contribution is -2.31. The number of carbonyl (C=O) groups is 1. The van der Waals surface area contributed by atoms with Crippen molar-refractivity contribution in [3.8, 4) is 0 Å². The third kappa shape index (κ3) is 3.23. The first-order valence-corrected chi connectivity index (χ1v) is 5.92. The molecule has 4 heteroatoms. The van der Waals surface area contributed by atoms with E-state index >= 15 is 0 Å². The number of aliphatic carboxylic acids is 1. The zero-order valence-corrected chi connectivity index (χ0v) is 11.3. The molecule has 88 valence electrons. The lowest BCUT2D eigenvalue weighted by Gasteiger charge is -2.27. The van der Waals surface area contributed by atoms with Gasteiger partial charge in [-0.15, -0.1) is 0 Å². The van der Waals surface area contributed by atoms with Crippen LogP contribution in [0.4, 0.5) is 5.69 Å². The second-order valence-electron chi connectivity index (χ2n) is 4.01. The van der Waals surface area contributed by atoms with Crippen LogP contribution in [0.15, 0.2) is 22.7 Å².